The summed E-state index contributed by atoms with van der Waals surface area (Å²) >= 11 is 5.70. The number of anilines is 1. The maximum atomic E-state index is 12.6. The lowest BCUT2D eigenvalue weighted by Crippen LogP contribution is -2.22. The maximum absolute atomic E-state index is 12.6. The number of nitrogens with one attached hydrogen (secondary N) is 1. The van der Waals surface area contributed by atoms with Crippen molar-refractivity contribution in [2.75, 3.05) is 11.9 Å². The molecule has 3 heterocycles. The van der Waals surface area contributed by atoms with Gasteiger partial charge in [-0.25, -0.2) is 14.8 Å². The SMILES string of the molecule is Cc1ccn2cc(C(=O)OCC(=O)Nc3ncc(C(F)(F)F)cc3Cl)nc2c1. The molecule has 0 saturated carbocycles. The number of halogens is 4. The Morgan fingerprint density at radius 2 is 2.07 bits per heavy atom. The molecule has 0 spiro atoms. The minimum Gasteiger partial charge on any atom is -0.451 e. The molecule has 0 aliphatic rings. The normalized spacial score (nSPS) is 11.5. The predicted molar refractivity (Wildman–Crippen MR) is 93.1 cm³/mol. The fourth-order valence-electron chi connectivity index (χ4n) is 2.24. The fraction of sp³-hybridized carbons (Fsp3) is 0.176. The van der Waals surface area contributed by atoms with Crippen molar-refractivity contribution in [3.8, 4) is 0 Å². The zero-order valence-electron chi connectivity index (χ0n) is 14.2. The molecule has 7 nitrogen and oxygen atoms in total. The Labute approximate surface area is 161 Å². The minimum atomic E-state index is -4.61. The van der Waals surface area contributed by atoms with E-state index in [9.17, 15) is 22.8 Å². The van der Waals surface area contributed by atoms with Crippen LogP contribution < -0.4 is 5.32 Å². The van der Waals surface area contributed by atoms with Crippen LogP contribution in [-0.4, -0.2) is 32.9 Å². The van der Waals surface area contributed by atoms with Gasteiger partial charge in [0.2, 0.25) is 0 Å². The lowest BCUT2D eigenvalue weighted by atomic mass is 10.3. The van der Waals surface area contributed by atoms with Gasteiger partial charge in [-0.3, -0.25) is 4.79 Å². The number of hydrogen-bond acceptors (Lipinski definition) is 5. The van der Waals surface area contributed by atoms with Crippen LogP contribution in [0.25, 0.3) is 5.65 Å². The summed E-state index contributed by atoms with van der Waals surface area (Å²) in [5.41, 5.74) is 0.448. The number of esters is 1. The maximum Gasteiger partial charge on any atom is 0.417 e. The third-order valence-corrected chi connectivity index (χ3v) is 3.87. The number of aryl methyl sites for hydroxylation is 1. The average molecular weight is 413 g/mol. The number of amides is 1. The smallest absolute Gasteiger partial charge is 0.417 e. The molecule has 11 heteroatoms. The van der Waals surface area contributed by atoms with E-state index in [-0.39, 0.29) is 11.5 Å². The van der Waals surface area contributed by atoms with Crippen LogP contribution in [0.15, 0.2) is 36.8 Å². The molecule has 146 valence electrons. The Bertz CT molecular complexity index is 1070. The highest BCUT2D eigenvalue weighted by Gasteiger charge is 2.31. The van der Waals surface area contributed by atoms with Crippen molar-refractivity contribution in [2.45, 2.75) is 13.1 Å². The zero-order valence-corrected chi connectivity index (χ0v) is 15.0. The van der Waals surface area contributed by atoms with E-state index in [0.29, 0.717) is 17.9 Å². The first-order valence-corrected chi connectivity index (χ1v) is 8.16. The van der Waals surface area contributed by atoms with E-state index in [1.165, 1.54) is 6.20 Å². The number of imidazole rings is 1. The van der Waals surface area contributed by atoms with Crippen LogP contribution in [0.1, 0.15) is 21.6 Å². The minimum absolute atomic E-state index is 0.00378. The van der Waals surface area contributed by atoms with E-state index in [4.69, 9.17) is 16.3 Å². The molecule has 3 rings (SSSR count). The Balaban J connectivity index is 1.61. The first-order valence-electron chi connectivity index (χ1n) is 7.78. The molecule has 0 aromatic carbocycles. The summed E-state index contributed by atoms with van der Waals surface area (Å²) in [6.07, 6.45) is -0.907. The number of carbonyl (C=O) groups is 2. The van der Waals surface area contributed by atoms with E-state index in [0.717, 1.165) is 5.56 Å². The molecule has 3 aromatic heterocycles. The number of nitrogens with zero attached hydrogens (tertiary/aromatic N) is 3. The number of rotatable bonds is 4. The second kappa shape index (κ2) is 7.47. The number of carbonyl (C=O) groups excluding carboxylic acids is 2. The highest BCUT2D eigenvalue weighted by molar-refractivity contribution is 6.33. The lowest BCUT2D eigenvalue weighted by Gasteiger charge is -2.10. The number of fused-ring (bicyclic) bond motifs is 1. The Morgan fingerprint density at radius 3 is 2.75 bits per heavy atom. The van der Waals surface area contributed by atoms with E-state index >= 15 is 0 Å². The molecule has 0 aliphatic carbocycles. The molecule has 3 aromatic rings. The molecule has 0 unspecified atom stereocenters. The van der Waals surface area contributed by atoms with E-state index in [1.807, 2.05) is 13.0 Å². The van der Waals surface area contributed by atoms with Gasteiger partial charge in [-0.2, -0.15) is 13.2 Å². The van der Waals surface area contributed by atoms with Crippen molar-refractivity contribution in [2.24, 2.45) is 0 Å². The van der Waals surface area contributed by atoms with Gasteiger partial charge in [0.15, 0.2) is 18.1 Å². The van der Waals surface area contributed by atoms with Crippen LogP contribution in [0.5, 0.6) is 0 Å². The topological polar surface area (TPSA) is 85.6 Å². The van der Waals surface area contributed by atoms with Crippen molar-refractivity contribution in [1.29, 1.82) is 0 Å². The first-order chi connectivity index (χ1) is 13.1. The Hall–Kier alpha value is -3.14. The first kappa shape index (κ1) is 19.6. The lowest BCUT2D eigenvalue weighted by molar-refractivity contribution is -0.137. The van der Waals surface area contributed by atoms with Gasteiger partial charge in [-0.1, -0.05) is 11.6 Å². The second-order valence-corrected chi connectivity index (χ2v) is 6.18. The molecule has 1 amide bonds. The number of hydrogen-bond donors (Lipinski definition) is 1. The van der Waals surface area contributed by atoms with Crippen molar-refractivity contribution >= 4 is 34.9 Å². The van der Waals surface area contributed by atoms with Gasteiger partial charge in [-0.05, 0) is 30.7 Å². The quantitative estimate of drug-likeness (QED) is 0.663. The van der Waals surface area contributed by atoms with Crippen LogP contribution >= 0.6 is 11.6 Å². The van der Waals surface area contributed by atoms with Gasteiger partial charge in [-0.15, -0.1) is 0 Å². The van der Waals surface area contributed by atoms with Gasteiger partial charge in [0.1, 0.15) is 5.65 Å². The summed E-state index contributed by atoms with van der Waals surface area (Å²) in [6.45, 7) is 1.18. The molecular formula is C17H12ClF3N4O3. The van der Waals surface area contributed by atoms with Crippen LogP contribution in [0, 0.1) is 6.92 Å². The summed E-state index contributed by atoms with van der Waals surface area (Å²) in [5.74, 6) is -1.93. The van der Waals surface area contributed by atoms with E-state index < -0.39 is 35.2 Å². The van der Waals surface area contributed by atoms with E-state index in [1.54, 1.807) is 16.7 Å². The average Bonchev–Trinajstić information content (AvgIpc) is 3.03. The third kappa shape index (κ3) is 4.39. The molecule has 1 N–H and O–H groups in total. The van der Waals surface area contributed by atoms with Gasteiger partial charge in [0, 0.05) is 18.6 Å². The van der Waals surface area contributed by atoms with Crippen molar-refractivity contribution in [1.82, 2.24) is 14.4 Å². The summed E-state index contributed by atoms with van der Waals surface area (Å²) in [4.78, 5) is 31.5. The Kier molecular flexibility index (Phi) is 5.23. The number of alkyl halides is 3. The van der Waals surface area contributed by atoms with Crippen LogP contribution in [0.4, 0.5) is 19.0 Å². The molecule has 0 fully saturated rings. The van der Waals surface area contributed by atoms with Crippen molar-refractivity contribution in [3.05, 3.63) is 58.6 Å². The summed E-state index contributed by atoms with van der Waals surface area (Å²) in [5, 5.41) is 1.78. The largest absolute Gasteiger partial charge is 0.451 e. The third-order valence-electron chi connectivity index (χ3n) is 3.59. The highest BCUT2D eigenvalue weighted by Crippen LogP contribution is 2.32. The van der Waals surface area contributed by atoms with Crippen molar-refractivity contribution in [3.63, 3.8) is 0 Å². The molecule has 0 saturated heterocycles. The molecule has 28 heavy (non-hydrogen) atoms. The van der Waals surface area contributed by atoms with Crippen LogP contribution in [0.3, 0.4) is 0 Å². The van der Waals surface area contributed by atoms with Crippen molar-refractivity contribution < 1.29 is 27.5 Å². The number of pyridine rings is 2. The number of aromatic nitrogens is 3. The zero-order chi connectivity index (χ0) is 20.5. The van der Waals surface area contributed by atoms with Gasteiger partial charge >= 0.3 is 12.1 Å². The van der Waals surface area contributed by atoms with Crippen LogP contribution in [0.2, 0.25) is 5.02 Å². The van der Waals surface area contributed by atoms with Gasteiger partial charge in [0.05, 0.1) is 10.6 Å². The van der Waals surface area contributed by atoms with Gasteiger partial charge < -0.3 is 14.5 Å². The summed E-state index contributed by atoms with van der Waals surface area (Å²) < 4.78 is 44.2. The standard InChI is InChI=1S/C17H12ClF3N4O3/c1-9-2-3-25-7-12(23-13(25)4-9)16(27)28-8-14(26)24-15-11(18)5-10(6-22-15)17(19,20)21/h2-7H,8H2,1H3,(H,22,24,26). The molecule has 0 aliphatic heterocycles. The molecule has 0 radical (unpaired) electrons. The Morgan fingerprint density at radius 1 is 1.32 bits per heavy atom. The monoisotopic (exact) mass is 412 g/mol. The fourth-order valence-corrected chi connectivity index (χ4v) is 2.45. The molecule has 0 atom stereocenters. The summed E-state index contributed by atoms with van der Waals surface area (Å²) in [7, 11) is 0. The van der Waals surface area contributed by atoms with Gasteiger partial charge in [0.25, 0.3) is 5.91 Å². The highest BCUT2D eigenvalue weighted by atomic mass is 35.5. The predicted octanol–water partition coefficient (Wildman–Crippen LogP) is 3.51. The number of ether oxygens (including phenoxy) is 1. The molecule has 0 bridgehead atoms. The second-order valence-electron chi connectivity index (χ2n) is 5.77. The van der Waals surface area contributed by atoms with Crippen LogP contribution in [-0.2, 0) is 15.7 Å². The summed E-state index contributed by atoms with van der Waals surface area (Å²) in [6, 6.07) is 4.23. The molecular weight excluding hydrogens is 401 g/mol. The van der Waals surface area contributed by atoms with E-state index in [2.05, 4.69) is 15.3 Å².